The van der Waals surface area contributed by atoms with Gasteiger partial charge in [0.1, 0.15) is 5.75 Å². The summed E-state index contributed by atoms with van der Waals surface area (Å²) in [6, 6.07) is 7.58. The Morgan fingerprint density at radius 2 is 2.05 bits per heavy atom. The fraction of sp³-hybridized carbons (Fsp3) is 0.312. The largest absolute Gasteiger partial charge is 0.497 e. The Labute approximate surface area is 129 Å². The van der Waals surface area contributed by atoms with Crippen molar-refractivity contribution >= 4 is 17.5 Å². The van der Waals surface area contributed by atoms with Crippen LogP contribution in [0.5, 0.6) is 5.75 Å². The minimum Gasteiger partial charge on any atom is -0.497 e. The Balaban J connectivity index is 2.03. The van der Waals surface area contributed by atoms with Crippen LogP contribution in [-0.4, -0.2) is 29.0 Å². The van der Waals surface area contributed by atoms with Crippen molar-refractivity contribution in [3.63, 3.8) is 0 Å². The van der Waals surface area contributed by atoms with Crippen LogP contribution < -0.4 is 15.4 Å². The second-order valence-corrected chi connectivity index (χ2v) is 4.94. The minimum absolute atomic E-state index is 0.127. The number of methoxy groups -OCH3 is 1. The van der Waals surface area contributed by atoms with Crippen LogP contribution in [0.1, 0.15) is 30.6 Å². The van der Waals surface area contributed by atoms with E-state index >= 15 is 0 Å². The number of ether oxygens (including phenoxy) is 1. The van der Waals surface area contributed by atoms with Crippen LogP contribution in [0, 0.1) is 0 Å². The minimum atomic E-state index is -0.165. The molecule has 1 atom stereocenters. The number of carbonyl (C=O) groups excluding carboxylic acids is 1. The Morgan fingerprint density at radius 1 is 1.32 bits per heavy atom. The van der Waals surface area contributed by atoms with Crippen molar-refractivity contribution in [2.45, 2.75) is 26.3 Å². The number of nitrogens with zero attached hydrogens (tertiary/aromatic N) is 2. The van der Waals surface area contributed by atoms with E-state index < -0.39 is 0 Å². The van der Waals surface area contributed by atoms with Crippen molar-refractivity contribution < 1.29 is 9.53 Å². The molecule has 6 heteroatoms. The molecular weight excluding hydrogens is 280 g/mol. The first-order valence-electron chi connectivity index (χ1n) is 7.16. The van der Waals surface area contributed by atoms with Gasteiger partial charge in [-0.15, -0.1) is 0 Å². The normalized spacial score (nSPS) is 11.6. The van der Waals surface area contributed by atoms with E-state index in [0.29, 0.717) is 11.5 Å². The van der Waals surface area contributed by atoms with Gasteiger partial charge >= 0.3 is 0 Å². The van der Waals surface area contributed by atoms with Crippen LogP contribution in [0.4, 0.5) is 11.6 Å². The van der Waals surface area contributed by atoms with E-state index in [2.05, 4.69) is 20.6 Å². The lowest BCUT2D eigenvalue weighted by molar-refractivity contribution is 0.0938. The summed E-state index contributed by atoms with van der Waals surface area (Å²) >= 11 is 0. The van der Waals surface area contributed by atoms with Crippen molar-refractivity contribution in [1.29, 1.82) is 0 Å². The van der Waals surface area contributed by atoms with Crippen LogP contribution in [-0.2, 0) is 0 Å². The van der Waals surface area contributed by atoms with Crippen LogP contribution in [0.25, 0.3) is 0 Å². The molecule has 1 amide bonds. The van der Waals surface area contributed by atoms with Gasteiger partial charge in [0.15, 0.2) is 0 Å². The van der Waals surface area contributed by atoms with Crippen molar-refractivity contribution in [2.75, 3.05) is 12.4 Å². The molecule has 1 heterocycles. The highest BCUT2D eigenvalue weighted by atomic mass is 16.5. The third kappa shape index (κ3) is 4.18. The highest BCUT2D eigenvalue weighted by Crippen LogP contribution is 2.19. The summed E-state index contributed by atoms with van der Waals surface area (Å²) in [5.41, 5.74) is 1.26. The molecule has 2 aromatic rings. The molecule has 0 spiro atoms. The smallest absolute Gasteiger partial charge is 0.254 e. The Kier molecular flexibility index (Phi) is 5.30. The van der Waals surface area contributed by atoms with Gasteiger partial charge in [0, 0.05) is 30.2 Å². The van der Waals surface area contributed by atoms with Gasteiger partial charge in [0.25, 0.3) is 5.91 Å². The standard InChI is InChI=1S/C16H20N4O2/c1-4-11(2)19-15(21)12-9-17-16(18-10-12)20-13-6-5-7-14(8-13)22-3/h5-11H,4H2,1-3H3,(H,19,21)(H,17,18,20). The van der Waals surface area contributed by atoms with Gasteiger partial charge in [-0.05, 0) is 25.5 Å². The van der Waals surface area contributed by atoms with Crippen molar-refractivity contribution in [2.24, 2.45) is 0 Å². The van der Waals surface area contributed by atoms with Crippen LogP contribution in [0.2, 0.25) is 0 Å². The number of anilines is 2. The summed E-state index contributed by atoms with van der Waals surface area (Å²) in [5.74, 6) is 1.00. The molecule has 1 unspecified atom stereocenters. The summed E-state index contributed by atoms with van der Waals surface area (Å²) in [5, 5.41) is 5.94. The van der Waals surface area contributed by atoms with E-state index in [0.717, 1.165) is 17.9 Å². The lowest BCUT2D eigenvalue weighted by Crippen LogP contribution is -2.32. The molecule has 0 aliphatic carbocycles. The molecular formula is C16H20N4O2. The number of aromatic nitrogens is 2. The fourth-order valence-corrected chi connectivity index (χ4v) is 1.75. The summed E-state index contributed by atoms with van der Waals surface area (Å²) < 4.78 is 5.16. The molecule has 1 aromatic carbocycles. The molecule has 116 valence electrons. The molecule has 0 aliphatic rings. The lowest BCUT2D eigenvalue weighted by atomic mass is 10.2. The van der Waals surface area contributed by atoms with E-state index in [1.54, 1.807) is 7.11 Å². The van der Waals surface area contributed by atoms with Crippen molar-refractivity contribution in [3.8, 4) is 5.75 Å². The van der Waals surface area contributed by atoms with Crippen LogP contribution >= 0.6 is 0 Å². The molecule has 1 aromatic heterocycles. The monoisotopic (exact) mass is 300 g/mol. The molecule has 0 radical (unpaired) electrons. The number of amides is 1. The Hall–Kier alpha value is -2.63. The van der Waals surface area contributed by atoms with Gasteiger partial charge in [-0.3, -0.25) is 4.79 Å². The zero-order chi connectivity index (χ0) is 15.9. The SMILES string of the molecule is CCC(C)NC(=O)c1cnc(Nc2cccc(OC)c2)nc1. The zero-order valence-electron chi connectivity index (χ0n) is 13.0. The average molecular weight is 300 g/mol. The maximum Gasteiger partial charge on any atom is 0.254 e. The highest BCUT2D eigenvalue weighted by molar-refractivity contribution is 5.93. The number of benzene rings is 1. The molecule has 2 rings (SSSR count). The first-order valence-corrected chi connectivity index (χ1v) is 7.16. The highest BCUT2D eigenvalue weighted by Gasteiger charge is 2.09. The lowest BCUT2D eigenvalue weighted by Gasteiger charge is -2.11. The molecule has 0 fully saturated rings. The molecule has 22 heavy (non-hydrogen) atoms. The summed E-state index contributed by atoms with van der Waals surface area (Å²) in [4.78, 5) is 20.3. The molecule has 0 bridgehead atoms. The fourth-order valence-electron chi connectivity index (χ4n) is 1.75. The second-order valence-electron chi connectivity index (χ2n) is 4.94. The molecule has 2 N–H and O–H groups in total. The summed E-state index contributed by atoms with van der Waals surface area (Å²) in [7, 11) is 1.61. The number of hydrogen-bond donors (Lipinski definition) is 2. The van der Waals surface area contributed by atoms with E-state index in [1.807, 2.05) is 38.1 Å². The van der Waals surface area contributed by atoms with Gasteiger partial charge in [0.05, 0.1) is 12.7 Å². The third-order valence-electron chi connectivity index (χ3n) is 3.23. The van der Waals surface area contributed by atoms with Crippen molar-refractivity contribution in [1.82, 2.24) is 15.3 Å². The zero-order valence-corrected chi connectivity index (χ0v) is 13.0. The topological polar surface area (TPSA) is 76.1 Å². The number of hydrogen-bond acceptors (Lipinski definition) is 5. The van der Waals surface area contributed by atoms with Gasteiger partial charge in [-0.2, -0.15) is 0 Å². The summed E-state index contributed by atoms with van der Waals surface area (Å²) in [6.45, 7) is 3.97. The maximum atomic E-state index is 11.9. The van der Waals surface area contributed by atoms with E-state index in [1.165, 1.54) is 12.4 Å². The molecule has 0 saturated heterocycles. The van der Waals surface area contributed by atoms with Crippen LogP contribution in [0.15, 0.2) is 36.7 Å². The number of carbonyl (C=O) groups is 1. The summed E-state index contributed by atoms with van der Waals surface area (Å²) in [6.07, 6.45) is 3.89. The second kappa shape index (κ2) is 7.40. The Bertz CT molecular complexity index is 628. The maximum absolute atomic E-state index is 11.9. The molecule has 0 aliphatic heterocycles. The average Bonchev–Trinajstić information content (AvgIpc) is 2.55. The quantitative estimate of drug-likeness (QED) is 0.858. The molecule has 0 saturated carbocycles. The van der Waals surface area contributed by atoms with Crippen LogP contribution in [0.3, 0.4) is 0 Å². The van der Waals surface area contributed by atoms with Gasteiger partial charge in [-0.1, -0.05) is 13.0 Å². The van der Waals surface area contributed by atoms with Gasteiger partial charge in [0.2, 0.25) is 5.95 Å². The predicted molar refractivity (Wildman–Crippen MR) is 85.5 cm³/mol. The molecule has 6 nitrogen and oxygen atoms in total. The Morgan fingerprint density at radius 3 is 2.68 bits per heavy atom. The number of rotatable bonds is 6. The number of nitrogens with one attached hydrogen (secondary N) is 2. The van der Waals surface area contributed by atoms with E-state index in [9.17, 15) is 4.79 Å². The first-order chi connectivity index (χ1) is 10.6. The van der Waals surface area contributed by atoms with E-state index in [-0.39, 0.29) is 11.9 Å². The predicted octanol–water partition coefficient (Wildman–Crippen LogP) is 2.76. The van der Waals surface area contributed by atoms with Crippen molar-refractivity contribution in [3.05, 3.63) is 42.2 Å². The van der Waals surface area contributed by atoms with E-state index in [4.69, 9.17) is 4.74 Å². The third-order valence-corrected chi connectivity index (χ3v) is 3.23. The van der Waals surface area contributed by atoms with Gasteiger partial charge in [-0.25, -0.2) is 9.97 Å². The van der Waals surface area contributed by atoms with Gasteiger partial charge < -0.3 is 15.4 Å². The first kappa shape index (κ1) is 15.8.